The first-order chi connectivity index (χ1) is 11.9. The highest BCUT2D eigenvalue weighted by Gasteiger charge is 2.36. The van der Waals surface area contributed by atoms with Gasteiger partial charge in [-0.15, -0.1) is 11.8 Å². The van der Waals surface area contributed by atoms with Crippen molar-refractivity contribution < 1.29 is 0 Å². The lowest BCUT2D eigenvalue weighted by Gasteiger charge is -2.35. The standard InChI is InChI=1S/C23H23S/c1-2-3-19-24-23(20-13-7-4-8-14-20,21-15-9-5-10-16-21)22-17-11-6-12-18-22/h2,4-18H,3,19H2,1H3. The summed E-state index contributed by atoms with van der Waals surface area (Å²) in [6.45, 7) is 2.13. The van der Waals surface area contributed by atoms with Gasteiger partial charge in [0.15, 0.2) is 0 Å². The molecule has 3 rings (SSSR count). The zero-order valence-electron chi connectivity index (χ0n) is 14.1. The van der Waals surface area contributed by atoms with E-state index in [0.717, 1.165) is 12.2 Å². The van der Waals surface area contributed by atoms with Crippen LogP contribution < -0.4 is 0 Å². The summed E-state index contributed by atoms with van der Waals surface area (Å²) in [5.41, 5.74) is 4.01. The third-order valence-electron chi connectivity index (χ3n) is 4.27. The van der Waals surface area contributed by atoms with Crippen LogP contribution >= 0.6 is 11.8 Å². The first-order valence-electron chi connectivity index (χ1n) is 8.46. The molecule has 3 aromatic rings. The fourth-order valence-corrected chi connectivity index (χ4v) is 4.67. The van der Waals surface area contributed by atoms with Crippen molar-refractivity contribution >= 4 is 11.8 Å². The second-order valence-corrected chi connectivity index (χ2v) is 7.13. The van der Waals surface area contributed by atoms with Crippen LogP contribution in [0.4, 0.5) is 0 Å². The fraction of sp³-hybridized carbons (Fsp3) is 0.174. The van der Waals surface area contributed by atoms with Crippen molar-refractivity contribution in [3.8, 4) is 0 Å². The molecule has 0 fully saturated rings. The van der Waals surface area contributed by atoms with Crippen LogP contribution in [0.5, 0.6) is 0 Å². The minimum absolute atomic E-state index is 0.174. The Hall–Kier alpha value is -1.99. The molecule has 0 aliphatic heterocycles. The van der Waals surface area contributed by atoms with E-state index < -0.39 is 0 Å². The van der Waals surface area contributed by atoms with Crippen molar-refractivity contribution in [1.82, 2.24) is 0 Å². The molecule has 121 valence electrons. The van der Waals surface area contributed by atoms with Crippen molar-refractivity contribution in [2.24, 2.45) is 0 Å². The molecule has 24 heavy (non-hydrogen) atoms. The van der Waals surface area contributed by atoms with E-state index in [4.69, 9.17) is 0 Å². The molecule has 0 bridgehead atoms. The van der Waals surface area contributed by atoms with E-state index in [2.05, 4.69) is 104 Å². The minimum atomic E-state index is -0.174. The molecule has 0 aromatic heterocycles. The fourth-order valence-electron chi connectivity index (χ4n) is 3.10. The van der Waals surface area contributed by atoms with Crippen LogP contribution in [0.2, 0.25) is 0 Å². The monoisotopic (exact) mass is 331 g/mol. The zero-order valence-corrected chi connectivity index (χ0v) is 14.9. The summed E-state index contributed by atoms with van der Waals surface area (Å²) in [6.07, 6.45) is 3.36. The Morgan fingerprint density at radius 3 is 1.38 bits per heavy atom. The van der Waals surface area contributed by atoms with Gasteiger partial charge in [-0.05, 0) is 35.3 Å². The van der Waals surface area contributed by atoms with Gasteiger partial charge >= 0.3 is 0 Å². The average molecular weight is 332 g/mol. The van der Waals surface area contributed by atoms with E-state index in [-0.39, 0.29) is 4.75 Å². The zero-order chi connectivity index (χ0) is 16.7. The molecule has 0 nitrogen and oxygen atoms in total. The summed E-state index contributed by atoms with van der Waals surface area (Å²) < 4.78 is -0.174. The third-order valence-corrected chi connectivity index (χ3v) is 5.85. The quantitative estimate of drug-likeness (QED) is 0.360. The number of hydrogen-bond donors (Lipinski definition) is 0. The second kappa shape index (κ2) is 8.21. The second-order valence-electron chi connectivity index (χ2n) is 5.82. The molecule has 0 heterocycles. The predicted molar refractivity (Wildman–Crippen MR) is 106 cm³/mol. The first kappa shape index (κ1) is 16.9. The van der Waals surface area contributed by atoms with Crippen LogP contribution in [0.25, 0.3) is 0 Å². The average Bonchev–Trinajstić information content (AvgIpc) is 2.68. The van der Waals surface area contributed by atoms with Crippen LogP contribution in [0.15, 0.2) is 91.0 Å². The van der Waals surface area contributed by atoms with Gasteiger partial charge in [0.25, 0.3) is 0 Å². The minimum Gasteiger partial charge on any atom is -0.141 e. The van der Waals surface area contributed by atoms with Gasteiger partial charge in [-0.3, -0.25) is 0 Å². The lowest BCUT2D eigenvalue weighted by molar-refractivity contribution is 0.890. The molecular weight excluding hydrogens is 308 g/mol. The molecule has 0 amide bonds. The lowest BCUT2D eigenvalue weighted by atomic mass is 9.84. The molecular formula is C23H23S. The molecule has 0 atom stereocenters. The van der Waals surface area contributed by atoms with Gasteiger partial charge in [0.2, 0.25) is 0 Å². The van der Waals surface area contributed by atoms with Crippen LogP contribution in [0, 0.1) is 6.42 Å². The third kappa shape index (κ3) is 3.42. The maximum Gasteiger partial charge on any atom is 0.0906 e. The van der Waals surface area contributed by atoms with Gasteiger partial charge in [0.1, 0.15) is 0 Å². The van der Waals surface area contributed by atoms with Crippen LogP contribution in [0.1, 0.15) is 30.0 Å². The number of thioether (sulfide) groups is 1. The summed E-state index contributed by atoms with van der Waals surface area (Å²) in [6, 6.07) is 32.6. The Morgan fingerprint density at radius 1 is 0.667 bits per heavy atom. The van der Waals surface area contributed by atoms with Crippen molar-refractivity contribution in [2.75, 3.05) is 5.75 Å². The molecule has 1 heteroatoms. The van der Waals surface area contributed by atoms with Gasteiger partial charge in [0.05, 0.1) is 4.75 Å². The SMILES string of the molecule is C[CH]CCSC(c1ccccc1)(c1ccccc1)c1ccccc1. The molecule has 0 N–H and O–H groups in total. The number of benzene rings is 3. The summed E-state index contributed by atoms with van der Waals surface area (Å²) in [4.78, 5) is 0. The summed E-state index contributed by atoms with van der Waals surface area (Å²) >= 11 is 2.02. The Labute approximate surface area is 149 Å². The highest BCUT2D eigenvalue weighted by molar-refractivity contribution is 8.00. The molecule has 0 aliphatic carbocycles. The van der Waals surface area contributed by atoms with E-state index in [9.17, 15) is 0 Å². The maximum atomic E-state index is 2.25. The molecule has 0 unspecified atom stereocenters. The van der Waals surface area contributed by atoms with E-state index in [1.807, 2.05) is 11.8 Å². The van der Waals surface area contributed by atoms with Gasteiger partial charge in [0, 0.05) is 0 Å². The number of rotatable bonds is 7. The van der Waals surface area contributed by atoms with E-state index in [0.29, 0.717) is 0 Å². The van der Waals surface area contributed by atoms with Crippen LogP contribution in [0.3, 0.4) is 0 Å². The van der Waals surface area contributed by atoms with E-state index >= 15 is 0 Å². The van der Waals surface area contributed by atoms with Gasteiger partial charge in [-0.2, -0.15) is 0 Å². The van der Waals surface area contributed by atoms with Crippen molar-refractivity contribution in [3.63, 3.8) is 0 Å². The summed E-state index contributed by atoms with van der Waals surface area (Å²) in [7, 11) is 0. The van der Waals surface area contributed by atoms with Crippen molar-refractivity contribution in [2.45, 2.75) is 18.1 Å². The summed E-state index contributed by atoms with van der Waals surface area (Å²) in [5, 5.41) is 0. The molecule has 0 saturated heterocycles. The Bertz CT molecular complexity index is 623. The molecule has 0 saturated carbocycles. The van der Waals surface area contributed by atoms with Crippen LogP contribution in [-0.4, -0.2) is 5.75 Å². The molecule has 0 spiro atoms. The van der Waals surface area contributed by atoms with Gasteiger partial charge in [-0.25, -0.2) is 0 Å². The van der Waals surface area contributed by atoms with Gasteiger partial charge in [-0.1, -0.05) is 97.9 Å². The number of unbranched alkanes of at least 4 members (excludes halogenated alkanes) is 1. The van der Waals surface area contributed by atoms with Gasteiger partial charge < -0.3 is 0 Å². The largest absolute Gasteiger partial charge is 0.141 e. The predicted octanol–water partition coefficient (Wildman–Crippen LogP) is 6.33. The highest BCUT2D eigenvalue weighted by atomic mass is 32.2. The molecule has 1 radical (unpaired) electrons. The summed E-state index contributed by atoms with van der Waals surface area (Å²) in [5.74, 6) is 1.09. The Kier molecular flexibility index (Phi) is 5.77. The first-order valence-corrected chi connectivity index (χ1v) is 9.45. The Morgan fingerprint density at radius 2 is 1.04 bits per heavy atom. The smallest absolute Gasteiger partial charge is 0.0906 e. The van der Waals surface area contributed by atoms with Crippen LogP contribution in [-0.2, 0) is 4.75 Å². The van der Waals surface area contributed by atoms with E-state index in [1.165, 1.54) is 16.7 Å². The topological polar surface area (TPSA) is 0 Å². The normalized spacial score (nSPS) is 11.4. The highest BCUT2D eigenvalue weighted by Crippen LogP contribution is 2.48. The van der Waals surface area contributed by atoms with E-state index in [1.54, 1.807) is 0 Å². The number of hydrogen-bond acceptors (Lipinski definition) is 1. The molecule has 0 aliphatic rings. The molecule has 3 aromatic carbocycles. The van der Waals surface area contributed by atoms with Crippen molar-refractivity contribution in [3.05, 3.63) is 114 Å². The Balaban J connectivity index is 2.20. The van der Waals surface area contributed by atoms with Crippen molar-refractivity contribution in [1.29, 1.82) is 0 Å². The maximum absolute atomic E-state index is 2.25. The lowest BCUT2D eigenvalue weighted by Crippen LogP contribution is -2.26.